The minimum absolute atomic E-state index is 0.206. The van der Waals surface area contributed by atoms with Crippen LogP contribution in [-0.2, 0) is 6.54 Å². The summed E-state index contributed by atoms with van der Waals surface area (Å²) in [6.07, 6.45) is 0. The molecule has 144 valence electrons. The molecule has 29 heavy (non-hydrogen) atoms. The molecule has 0 aromatic heterocycles. The summed E-state index contributed by atoms with van der Waals surface area (Å²) in [5.74, 6) is -1.04. The fourth-order valence-corrected chi connectivity index (χ4v) is 3.49. The second kappa shape index (κ2) is 7.36. The van der Waals surface area contributed by atoms with Crippen LogP contribution in [0.1, 0.15) is 47.8 Å². The standard InChI is InChI=1S/C24H20N2O3/c1-15-8-11-21(16(2)12-15)25-22(27)18-9-10-19-20(13-18)24(29)26(23(19)28)14-17-6-4-3-5-7-17/h3-13H,14H2,1-2H3,(H,25,27). The van der Waals surface area contributed by atoms with Crippen molar-refractivity contribution in [2.45, 2.75) is 20.4 Å². The van der Waals surface area contributed by atoms with Crippen LogP contribution in [0.3, 0.4) is 0 Å². The third kappa shape index (κ3) is 3.55. The lowest BCUT2D eigenvalue weighted by Crippen LogP contribution is -2.29. The first-order chi connectivity index (χ1) is 13.9. The average Bonchev–Trinajstić information content (AvgIpc) is 2.95. The van der Waals surface area contributed by atoms with Gasteiger partial charge in [-0.1, -0.05) is 48.0 Å². The fourth-order valence-electron chi connectivity index (χ4n) is 3.49. The minimum Gasteiger partial charge on any atom is -0.322 e. The van der Waals surface area contributed by atoms with Crippen molar-refractivity contribution in [1.29, 1.82) is 0 Å². The number of carbonyl (C=O) groups is 3. The van der Waals surface area contributed by atoms with Gasteiger partial charge in [-0.05, 0) is 49.2 Å². The predicted octanol–water partition coefficient (Wildman–Crippen LogP) is 4.35. The van der Waals surface area contributed by atoms with Crippen molar-refractivity contribution in [2.24, 2.45) is 0 Å². The molecule has 0 saturated heterocycles. The van der Waals surface area contributed by atoms with Crippen molar-refractivity contribution >= 4 is 23.4 Å². The average molecular weight is 384 g/mol. The van der Waals surface area contributed by atoms with Crippen LogP contribution in [0.25, 0.3) is 0 Å². The van der Waals surface area contributed by atoms with E-state index in [9.17, 15) is 14.4 Å². The number of amides is 3. The summed E-state index contributed by atoms with van der Waals surface area (Å²) >= 11 is 0. The molecule has 1 aliphatic rings. The maximum absolute atomic E-state index is 12.8. The molecule has 1 N–H and O–H groups in total. The van der Waals surface area contributed by atoms with E-state index in [0.29, 0.717) is 16.8 Å². The molecule has 0 aliphatic carbocycles. The first-order valence-electron chi connectivity index (χ1n) is 9.37. The van der Waals surface area contributed by atoms with Crippen LogP contribution in [0, 0.1) is 13.8 Å². The molecule has 5 nitrogen and oxygen atoms in total. The molecule has 0 atom stereocenters. The molecular weight excluding hydrogens is 364 g/mol. The highest BCUT2D eigenvalue weighted by molar-refractivity contribution is 6.22. The Morgan fingerprint density at radius 1 is 0.862 bits per heavy atom. The first-order valence-corrected chi connectivity index (χ1v) is 9.37. The number of nitrogens with one attached hydrogen (secondary N) is 1. The van der Waals surface area contributed by atoms with Crippen LogP contribution >= 0.6 is 0 Å². The summed E-state index contributed by atoms with van der Waals surface area (Å²) in [7, 11) is 0. The van der Waals surface area contributed by atoms with E-state index in [1.807, 2.05) is 62.4 Å². The summed E-state index contributed by atoms with van der Waals surface area (Å²) in [6, 6.07) is 19.7. The summed E-state index contributed by atoms with van der Waals surface area (Å²) < 4.78 is 0. The summed E-state index contributed by atoms with van der Waals surface area (Å²) in [4.78, 5) is 39.4. The lowest BCUT2D eigenvalue weighted by Gasteiger charge is -2.13. The smallest absolute Gasteiger partial charge is 0.261 e. The first kappa shape index (κ1) is 18.6. The van der Waals surface area contributed by atoms with Crippen LogP contribution in [0.5, 0.6) is 0 Å². The summed E-state index contributed by atoms with van der Waals surface area (Å²) in [5.41, 5.74) is 4.59. The van der Waals surface area contributed by atoms with E-state index in [-0.39, 0.29) is 29.8 Å². The van der Waals surface area contributed by atoms with E-state index in [4.69, 9.17) is 0 Å². The van der Waals surface area contributed by atoms with Crippen molar-refractivity contribution in [3.05, 3.63) is 100 Å². The Kier molecular flexibility index (Phi) is 4.72. The molecule has 0 fully saturated rings. The highest BCUT2D eigenvalue weighted by Gasteiger charge is 2.36. The van der Waals surface area contributed by atoms with Crippen LogP contribution in [0.4, 0.5) is 5.69 Å². The molecule has 0 spiro atoms. The molecule has 1 heterocycles. The molecular formula is C24H20N2O3. The fraction of sp³-hybridized carbons (Fsp3) is 0.125. The molecule has 0 radical (unpaired) electrons. The van der Waals surface area contributed by atoms with Gasteiger partial charge in [0.05, 0.1) is 17.7 Å². The van der Waals surface area contributed by atoms with Gasteiger partial charge in [-0.25, -0.2) is 0 Å². The number of carbonyl (C=O) groups excluding carboxylic acids is 3. The van der Waals surface area contributed by atoms with Crippen molar-refractivity contribution in [1.82, 2.24) is 4.90 Å². The largest absolute Gasteiger partial charge is 0.322 e. The van der Waals surface area contributed by atoms with Gasteiger partial charge in [0.2, 0.25) is 0 Å². The van der Waals surface area contributed by atoms with Gasteiger partial charge in [0.25, 0.3) is 17.7 Å². The Morgan fingerprint density at radius 2 is 1.59 bits per heavy atom. The molecule has 0 saturated carbocycles. The molecule has 5 heteroatoms. The van der Waals surface area contributed by atoms with Gasteiger partial charge >= 0.3 is 0 Å². The Hall–Kier alpha value is -3.73. The monoisotopic (exact) mass is 384 g/mol. The molecule has 0 unspecified atom stereocenters. The van der Waals surface area contributed by atoms with Crippen molar-refractivity contribution < 1.29 is 14.4 Å². The number of hydrogen-bond acceptors (Lipinski definition) is 3. The zero-order chi connectivity index (χ0) is 20.5. The highest BCUT2D eigenvalue weighted by Crippen LogP contribution is 2.26. The van der Waals surface area contributed by atoms with Gasteiger partial charge < -0.3 is 5.32 Å². The van der Waals surface area contributed by atoms with Gasteiger partial charge in [0, 0.05) is 11.3 Å². The van der Waals surface area contributed by atoms with E-state index in [2.05, 4.69) is 5.32 Å². The Morgan fingerprint density at radius 3 is 2.31 bits per heavy atom. The van der Waals surface area contributed by atoms with Gasteiger partial charge in [-0.3, -0.25) is 19.3 Å². The zero-order valence-electron chi connectivity index (χ0n) is 16.2. The lowest BCUT2D eigenvalue weighted by atomic mass is 10.0. The normalized spacial score (nSPS) is 12.8. The van der Waals surface area contributed by atoms with Gasteiger partial charge in [-0.2, -0.15) is 0 Å². The molecule has 0 bridgehead atoms. The molecule has 1 aliphatic heterocycles. The Labute approximate surface area is 169 Å². The number of anilines is 1. The van der Waals surface area contributed by atoms with Gasteiger partial charge in [0.1, 0.15) is 0 Å². The van der Waals surface area contributed by atoms with Crippen molar-refractivity contribution in [2.75, 3.05) is 5.32 Å². The van der Waals surface area contributed by atoms with Crippen molar-refractivity contribution in [3.63, 3.8) is 0 Å². The third-order valence-corrected chi connectivity index (χ3v) is 5.05. The van der Waals surface area contributed by atoms with Crippen LogP contribution in [0.15, 0.2) is 66.7 Å². The molecule has 4 rings (SSSR count). The maximum atomic E-state index is 12.8. The van der Waals surface area contributed by atoms with Crippen LogP contribution in [-0.4, -0.2) is 22.6 Å². The van der Waals surface area contributed by atoms with E-state index >= 15 is 0 Å². The van der Waals surface area contributed by atoms with Gasteiger partial charge in [0.15, 0.2) is 0 Å². The quantitative estimate of drug-likeness (QED) is 0.680. The third-order valence-electron chi connectivity index (χ3n) is 5.05. The molecule has 3 aromatic rings. The number of benzene rings is 3. The van der Waals surface area contributed by atoms with Crippen LogP contribution < -0.4 is 5.32 Å². The second-order valence-corrected chi connectivity index (χ2v) is 7.21. The van der Waals surface area contributed by atoms with Gasteiger partial charge in [-0.15, -0.1) is 0 Å². The maximum Gasteiger partial charge on any atom is 0.261 e. The minimum atomic E-state index is -0.380. The molecule has 3 aromatic carbocycles. The number of rotatable bonds is 4. The predicted molar refractivity (Wildman–Crippen MR) is 111 cm³/mol. The van der Waals surface area contributed by atoms with Crippen molar-refractivity contribution in [3.8, 4) is 0 Å². The Balaban J connectivity index is 1.57. The summed E-state index contributed by atoms with van der Waals surface area (Å²) in [5, 5.41) is 2.87. The summed E-state index contributed by atoms with van der Waals surface area (Å²) in [6.45, 7) is 4.12. The van der Waals surface area contributed by atoms with Crippen LogP contribution in [0.2, 0.25) is 0 Å². The lowest BCUT2D eigenvalue weighted by molar-refractivity contribution is 0.0642. The number of fused-ring (bicyclic) bond motifs is 1. The zero-order valence-corrected chi connectivity index (χ0v) is 16.2. The number of nitrogens with zero attached hydrogens (tertiary/aromatic N) is 1. The SMILES string of the molecule is Cc1ccc(NC(=O)c2ccc3c(c2)C(=O)N(Cc2ccccc2)C3=O)c(C)c1. The second-order valence-electron chi connectivity index (χ2n) is 7.21. The Bertz CT molecular complexity index is 1140. The molecule has 3 amide bonds. The highest BCUT2D eigenvalue weighted by atomic mass is 16.2. The number of aryl methyl sites for hydroxylation is 2. The topological polar surface area (TPSA) is 66.5 Å². The van der Waals surface area contributed by atoms with E-state index in [1.165, 1.54) is 11.0 Å². The van der Waals surface area contributed by atoms with E-state index in [1.54, 1.807) is 12.1 Å². The number of hydrogen-bond donors (Lipinski definition) is 1. The van der Waals surface area contributed by atoms with E-state index in [0.717, 1.165) is 16.7 Å². The number of imide groups is 1. The van der Waals surface area contributed by atoms with E-state index < -0.39 is 0 Å².